The molecule has 27 heavy (non-hydrogen) atoms. The number of hydrogen-bond acceptors (Lipinski definition) is 3. The highest BCUT2D eigenvalue weighted by molar-refractivity contribution is 8.00. The van der Waals surface area contributed by atoms with E-state index < -0.39 is 9.84 Å². The Bertz CT molecular complexity index is 1040. The van der Waals surface area contributed by atoms with Crippen molar-refractivity contribution in [2.45, 2.75) is 18.7 Å². The molecule has 0 aliphatic heterocycles. The molecule has 0 radical (unpaired) electrons. The molecule has 3 aromatic carbocycles. The fourth-order valence-corrected chi connectivity index (χ4v) is 4.27. The van der Waals surface area contributed by atoms with E-state index in [-0.39, 0.29) is 4.91 Å². The molecule has 0 atom stereocenters. The van der Waals surface area contributed by atoms with Crippen molar-refractivity contribution in [1.82, 2.24) is 0 Å². The fraction of sp³-hybridized carbons (Fsp3) is 0.130. The van der Waals surface area contributed by atoms with E-state index in [1.807, 2.05) is 92.5 Å². The van der Waals surface area contributed by atoms with E-state index in [0.29, 0.717) is 10.5 Å². The highest BCUT2D eigenvalue weighted by Crippen LogP contribution is 2.29. The summed E-state index contributed by atoms with van der Waals surface area (Å²) in [5.74, 6) is 0. The number of hydrogen-bond donors (Lipinski definition) is 0. The lowest BCUT2D eigenvalue weighted by molar-refractivity contribution is 0.605. The van der Waals surface area contributed by atoms with Crippen molar-refractivity contribution in [3.05, 3.63) is 102 Å². The summed E-state index contributed by atoms with van der Waals surface area (Å²) in [5.41, 5.74) is 3.70. The average molecular weight is 378 g/mol. The van der Waals surface area contributed by atoms with Gasteiger partial charge in [-0.1, -0.05) is 65.7 Å². The van der Waals surface area contributed by atoms with E-state index in [1.165, 1.54) is 0 Å². The highest BCUT2D eigenvalue weighted by Gasteiger charge is 2.23. The van der Waals surface area contributed by atoms with Gasteiger partial charge in [-0.25, -0.2) is 8.42 Å². The summed E-state index contributed by atoms with van der Waals surface area (Å²) in [4.78, 5) is 2.40. The maximum atomic E-state index is 13.4. The Morgan fingerprint density at radius 1 is 0.778 bits per heavy atom. The molecule has 3 rings (SSSR count). The van der Waals surface area contributed by atoms with Crippen molar-refractivity contribution in [2.75, 3.05) is 11.9 Å². The van der Waals surface area contributed by atoms with Gasteiger partial charge in [0.2, 0.25) is 9.84 Å². The van der Waals surface area contributed by atoms with Crippen LogP contribution in [-0.2, 0) is 9.84 Å². The van der Waals surface area contributed by atoms with Crippen LogP contribution in [0.4, 0.5) is 5.69 Å². The third-order valence-corrected chi connectivity index (χ3v) is 6.24. The molecule has 4 heteroatoms. The van der Waals surface area contributed by atoms with Crippen LogP contribution in [0.2, 0.25) is 0 Å². The highest BCUT2D eigenvalue weighted by atomic mass is 32.2. The minimum absolute atomic E-state index is 0.276. The lowest BCUT2D eigenvalue weighted by Gasteiger charge is -2.18. The molecule has 0 saturated heterocycles. The van der Waals surface area contributed by atoms with Crippen molar-refractivity contribution >= 4 is 20.4 Å². The van der Waals surface area contributed by atoms with E-state index in [2.05, 4.69) is 0 Å². The summed E-state index contributed by atoms with van der Waals surface area (Å²) in [5, 5.41) is 0. The Hall–Kier alpha value is -2.85. The van der Waals surface area contributed by atoms with Crippen molar-refractivity contribution in [3.8, 4) is 0 Å². The summed E-state index contributed by atoms with van der Waals surface area (Å²) < 4.78 is 26.8. The smallest absolute Gasteiger partial charge is 0.208 e. The number of anilines is 1. The minimum Gasteiger partial charge on any atom is -0.350 e. The van der Waals surface area contributed by atoms with Crippen LogP contribution in [0.3, 0.4) is 0 Å². The molecule has 3 nitrogen and oxygen atoms in total. The van der Waals surface area contributed by atoms with Gasteiger partial charge in [-0.3, -0.25) is 0 Å². The zero-order valence-corrected chi connectivity index (χ0v) is 16.6. The van der Waals surface area contributed by atoms with Crippen LogP contribution in [0.15, 0.2) is 90.0 Å². The first-order valence-electron chi connectivity index (χ1n) is 8.76. The molecule has 0 amide bonds. The standard InChI is InChI=1S/C23H23NO2S/c1-18-9-13-20(14-10-18)23(17-24(3)21-7-5-4-6-8-21)27(25,26)22-15-11-19(2)12-16-22/h4-17H,1-3H3/b23-17-. The van der Waals surface area contributed by atoms with Crippen molar-refractivity contribution in [1.29, 1.82) is 0 Å². The van der Waals surface area contributed by atoms with Crippen LogP contribution >= 0.6 is 0 Å². The van der Waals surface area contributed by atoms with Crippen molar-refractivity contribution in [2.24, 2.45) is 0 Å². The molecule has 138 valence electrons. The van der Waals surface area contributed by atoms with Crippen LogP contribution in [0.25, 0.3) is 4.91 Å². The van der Waals surface area contributed by atoms with E-state index in [4.69, 9.17) is 0 Å². The Balaban J connectivity index is 2.14. The predicted octanol–water partition coefficient (Wildman–Crippen LogP) is 5.21. The third kappa shape index (κ3) is 4.29. The van der Waals surface area contributed by atoms with Crippen molar-refractivity contribution in [3.63, 3.8) is 0 Å². The number of nitrogens with zero attached hydrogens (tertiary/aromatic N) is 1. The van der Waals surface area contributed by atoms with Gasteiger partial charge in [0.15, 0.2) is 0 Å². The van der Waals surface area contributed by atoms with Gasteiger partial charge in [0, 0.05) is 18.9 Å². The van der Waals surface area contributed by atoms with Crippen LogP contribution in [-0.4, -0.2) is 15.5 Å². The van der Waals surface area contributed by atoms with Gasteiger partial charge in [0.1, 0.15) is 0 Å². The molecule has 0 saturated carbocycles. The van der Waals surface area contributed by atoms with Gasteiger partial charge in [-0.15, -0.1) is 0 Å². The molecule has 0 aromatic heterocycles. The van der Waals surface area contributed by atoms with Gasteiger partial charge >= 0.3 is 0 Å². The molecule has 0 fully saturated rings. The molecule has 0 spiro atoms. The predicted molar refractivity (Wildman–Crippen MR) is 112 cm³/mol. The van der Waals surface area contributed by atoms with E-state index >= 15 is 0 Å². The molecule has 0 unspecified atom stereocenters. The topological polar surface area (TPSA) is 37.4 Å². The van der Waals surface area contributed by atoms with E-state index in [0.717, 1.165) is 16.8 Å². The summed E-state index contributed by atoms with van der Waals surface area (Å²) in [6.45, 7) is 3.92. The molecule has 0 heterocycles. The fourth-order valence-electron chi connectivity index (χ4n) is 2.77. The van der Waals surface area contributed by atoms with E-state index in [1.54, 1.807) is 18.3 Å². The Morgan fingerprint density at radius 2 is 1.30 bits per heavy atom. The summed E-state index contributed by atoms with van der Waals surface area (Å²) >= 11 is 0. The van der Waals surface area contributed by atoms with Crippen molar-refractivity contribution < 1.29 is 8.42 Å². The van der Waals surface area contributed by atoms with Crippen LogP contribution in [0.5, 0.6) is 0 Å². The number of para-hydroxylation sites is 1. The largest absolute Gasteiger partial charge is 0.350 e. The van der Waals surface area contributed by atoms with Gasteiger partial charge in [-0.05, 0) is 43.7 Å². The van der Waals surface area contributed by atoms with Gasteiger partial charge in [0.05, 0.1) is 9.80 Å². The maximum Gasteiger partial charge on any atom is 0.208 e. The summed E-state index contributed by atoms with van der Waals surface area (Å²) in [6, 6.07) is 24.2. The van der Waals surface area contributed by atoms with Crippen LogP contribution < -0.4 is 4.90 Å². The minimum atomic E-state index is -3.67. The van der Waals surface area contributed by atoms with Gasteiger partial charge in [-0.2, -0.15) is 0 Å². The van der Waals surface area contributed by atoms with Gasteiger partial charge < -0.3 is 4.90 Å². The number of sulfone groups is 1. The zero-order chi connectivity index (χ0) is 19.4. The second-order valence-electron chi connectivity index (χ2n) is 6.62. The Kier molecular flexibility index (Phi) is 5.47. The molecular weight excluding hydrogens is 354 g/mol. The molecule has 0 bridgehead atoms. The second-order valence-corrected chi connectivity index (χ2v) is 8.54. The first-order valence-corrected chi connectivity index (χ1v) is 10.2. The maximum absolute atomic E-state index is 13.4. The number of aryl methyl sites for hydroxylation is 2. The molecule has 0 aliphatic carbocycles. The molecular formula is C23H23NO2S. The van der Waals surface area contributed by atoms with E-state index in [9.17, 15) is 8.42 Å². The summed E-state index contributed by atoms with van der Waals surface area (Å²) in [6.07, 6.45) is 1.69. The lowest BCUT2D eigenvalue weighted by Crippen LogP contribution is -2.13. The van der Waals surface area contributed by atoms with Crippen LogP contribution in [0.1, 0.15) is 16.7 Å². The average Bonchev–Trinajstić information content (AvgIpc) is 2.68. The lowest BCUT2D eigenvalue weighted by atomic mass is 10.1. The number of rotatable bonds is 5. The third-order valence-electron chi connectivity index (χ3n) is 4.43. The van der Waals surface area contributed by atoms with Crippen LogP contribution in [0, 0.1) is 13.8 Å². The first-order chi connectivity index (χ1) is 12.9. The van der Waals surface area contributed by atoms with Gasteiger partial charge in [0.25, 0.3) is 0 Å². The molecule has 0 N–H and O–H groups in total. The zero-order valence-electron chi connectivity index (χ0n) is 15.8. The number of benzene rings is 3. The Morgan fingerprint density at radius 3 is 1.85 bits per heavy atom. The molecule has 0 aliphatic rings. The quantitative estimate of drug-likeness (QED) is 0.612. The summed E-state index contributed by atoms with van der Waals surface area (Å²) in [7, 11) is -1.81. The monoisotopic (exact) mass is 377 g/mol. The SMILES string of the molecule is Cc1ccc(/C(=C/N(C)c2ccccc2)S(=O)(=O)c2ccc(C)cc2)cc1. The first kappa shape index (κ1) is 18.9. The second kappa shape index (κ2) is 7.80. The molecule has 3 aromatic rings. The normalized spacial score (nSPS) is 12.0. The Labute approximate surface area is 161 Å².